The van der Waals surface area contributed by atoms with Crippen molar-refractivity contribution in [2.75, 3.05) is 67.4 Å². The Balaban J connectivity index is 3.03. The Bertz CT molecular complexity index is 638. The van der Waals surface area contributed by atoms with E-state index in [1.165, 1.54) is 0 Å². The van der Waals surface area contributed by atoms with Gasteiger partial charge >= 0.3 is 7.60 Å². The van der Waals surface area contributed by atoms with E-state index in [0.717, 1.165) is 0 Å². The minimum Gasteiger partial charge on any atom is -0.464 e. The molecule has 0 bridgehead atoms. The van der Waals surface area contributed by atoms with E-state index in [4.69, 9.17) is 48.2 Å². The Kier molecular flexibility index (Phi) is 14.7. The third kappa shape index (κ3) is 9.82. The molecule has 0 saturated heterocycles. The molecule has 1 aromatic rings. The van der Waals surface area contributed by atoms with Gasteiger partial charge in [0, 0.05) is 14.2 Å². The molecule has 0 amide bonds. The van der Waals surface area contributed by atoms with E-state index in [2.05, 4.69) is 0 Å². The van der Waals surface area contributed by atoms with Crippen LogP contribution in [0.15, 0.2) is 18.2 Å². The summed E-state index contributed by atoms with van der Waals surface area (Å²) in [5.41, 5.74) is 0.423. The molecule has 0 fully saturated rings. The van der Waals surface area contributed by atoms with Gasteiger partial charge in [0.05, 0.1) is 39.6 Å². The van der Waals surface area contributed by atoms with Crippen LogP contribution in [-0.4, -0.2) is 67.4 Å². The van der Waals surface area contributed by atoms with Gasteiger partial charge in [-0.2, -0.15) is 0 Å². The van der Waals surface area contributed by atoms with E-state index in [1.54, 1.807) is 46.3 Å². The summed E-state index contributed by atoms with van der Waals surface area (Å²) in [6, 6.07) is 4.82. The second kappa shape index (κ2) is 16.4. The maximum atomic E-state index is 13.2. The van der Waals surface area contributed by atoms with Crippen LogP contribution in [-0.2, 0) is 37.4 Å². The van der Waals surface area contributed by atoms with Crippen molar-refractivity contribution in [3.8, 4) is 11.5 Å². The molecular formula is C19H34NO10P. The highest BCUT2D eigenvalue weighted by atomic mass is 31.2. The van der Waals surface area contributed by atoms with E-state index in [0.29, 0.717) is 43.5 Å². The molecule has 0 aliphatic rings. The van der Waals surface area contributed by atoms with Crippen molar-refractivity contribution < 1.29 is 46.9 Å². The number of rotatable bonds is 19. The molecule has 0 aliphatic carbocycles. The van der Waals surface area contributed by atoms with Gasteiger partial charge in [-0.1, -0.05) is 6.07 Å². The summed E-state index contributed by atoms with van der Waals surface area (Å²) < 4.78 is 55.7. The summed E-state index contributed by atoms with van der Waals surface area (Å²) in [7, 11) is -0.535. The fourth-order valence-corrected chi connectivity index (χ4v) is 4.13. The van der Waals surface area contributed by atoms with Crippen LogP contribution in [0.5, 0.6) is 11.5 Å². The first-order chi connectivity index (χ1) is 15.1. The Labute approximate surface area is 183 Å². The standard InChI is InChI=1S/C19H34NO10P/c1-5-28-31(21,29-6-2)19(30-20)16-7-8-17(26-14-24-11-9-22-3)18(13-16)27-15-25-12-10-23-4/h7-8,13,19H,5-6,9-12,14-15,20H2,1-4H3. The quantitative estimate of drug-likeness (QED) is 0.140. The second-order valence-electron chi connectivity index (χ2n) is 5.90. The van der Waals surface area contributed by atoms with Gasteiger partial charge in [0.2, 0.25) is 5.85 Å². The van der Waals surface area contributed by atoms with Gasteiger partial charge in [-0.15, -0.1) is 0 Å². The topological polar surface area (TPSA) is 126 Å². The lowest BCUT2D eigenvalue weighted by Gasteiger charge is -2.25. The minimum absolute atomic E-state index is 0.0171. The first-order valence-corrected chi connectivity index (χ1v) is 11.4. The average Bonchev–Trinajstić information content (AvgIpc) is 2.75. The molecule has 180 valence electrons. The summed E-state index contributed by atoms with van der Waals surface area (Å²) in [6.07, 6.45) is 0. The van der Waals surface area contributed by atoms with Crippen LogP contribution >= 0.6 is 7.60 Å². The van der Waals surface area contributed by atoms with Gasteiger partial charge < -0.3 is 37.5 Å². The Morgan fingerprint density at radius 2 is 1.42 bits per heavy atom. The van der Waals surface area contributed by atoms with Gasteiger partial charge in [0.15, 0.2) is 25.1 Å². The summed E-state index contributed by atoms with van der Waals surface area (Å²) in [6.45, 7) is 5.24. The summed E-state index contributed by atoms with van der Waals surface area (Å²) >= 11 is 0. The molecule has 0 spiro atoms. The molecule has 31 heavy (non-hydrogen) atoms. The van der Waals surface area contributed by atoms with Crippen LogP contribution in [0.2, 0.25) is 0 Å². The fourth-order valence-electron chi connectivity index (χ4n) is 2.39. The maximum absolute atomic E-state index is 13.2. The van der Waals surface area contributed by atoms with Gasteiger partial charge in [0.25, 0.3) is 0 Å². The molecule has 1 atom stereocenters. The van der Waals surface area contributed by atoms with Gasteiger partial charge in [-0.05, 0) is 31.5 Å². The van der Waals surface area contributed by atoms with Crippen LogP contribution in [0.25, 0.3) is 0 Å². The largest absolute Gasteiger partial charge is 0.464 e. The zero-order valence-electron chi connectivity index (χ0n) is 18.6. The van der Waals surface area contributed by atoms with E-state index in [-0.39, 0.29) is 26.8 Å². The fraction of sp³-hybridized carbons (Fsp3) is 0.684. The predicted octanol–water partition coefficient (Wildman–Crippen LogP) is 2.84. The average molecular weight is 467 g/mol. The highest BCUT2D eigenvalue weighted by Crippen LogP contribution is 2.61. The molecule has 1 aromatic carbocycles. The normalized spacial score (nSPS) is 12.7. The first kappa shape index (κ1) is 27.8. The third-order valence-electron chi connectivity index (χ3n) is 3.75. The lowest BCUT2D eigenvalue weighted by molar-refractivity contribution is -0.0208. The molecule has 1 unspecified atom stereocenters. The van der Waals surface area contributed by atoms with Gasteiger partial charge in [0.1, 0.15) is 0 Å². The monoisotopic (exact) mass is 467 g/mol. The Morgan fingerprint density at radius 1 is 0.871 bits per heavy atom. The first-order valence-electron chi connectivity index (χ1n) is 9.83. The van der Waals surface area contributed by atoms with Crippen LogP contribution < -0.4 is 15.4 Å². The van der Waals surface area contributed by atoms with Crippen molar-refractivity contribution in [3.05, 3.63) is 23.8 Å². The molecule has 0 aliphatic heterocycles. The molecular weight excluding hydrogens is 433 g/mol. The molecule has 0 radical (unpaired) electrons. The second-order valence-corrected chi connectivity index (χ2v) is 7.96. The molecule has 2 N–H and O–H groups in total. The highest BCUT2D eigenvalue weighted by Gasteiger charge is 2.38. The Morgan fingerprint density at radius 3 is 1.90 bits per heavy atom. The summed E-state index contributed by atoms with van der Waals surface area (Å²) in [4.78, 5) is 4.99. The molecule has 11 nitrogen and oxygen atoms in total. The third-order valence-corrected chi connectivity index (χ3v) is 5.98. The van der Waals surface area contributed by atoms with Crippen LogP contribution in [0.3, 0.4) is 0 Å². The summed E-state index contributed by atoms with van der Waals surface area (Å²) in [5, 5.41) is 0. The molecule has 0 aromatic heterocycles. The zero-order valence-corrected chi connectivity index (χ0v) is 19.5. The lowest BCUT2D eigenvalue weighted by atomic mass is 10.2. The van der Waals surface area contributed by atoms with Gasteiger partial charge in [-0.3, -0.25) is 9.40 Å². The zero-order chi connectivity index (χ0) is 23.0. The van der Waals surface area contributed by atoms with E-state index in [9.17, 15) is 4.57 Å². The number of ether oxygens (including phenoxy) is 6. The molecule has 0 saturated carbocycles. The Hall–Kier alpha value is -1.27. The maximum Gasteiger partial charge on any atom is 0.365 e. The van der Waals surface area contributed by atoms with Crippen molar-refractivity contribution in [2.24, 2.45) is 5.90 Å². The van der Waals surface area contributed by atoms with E-state index < -0.39 is 13.4 Å². The van der Waals surface area contributed by atoms with Crippen LogP contribution in [0.1, 0.15) is 25.3 Å². The summed E-state index contributed by atoms with van der Waals surface area (Å²) in [5.74, 6) is 4.99. The smallest absolute Gasteiger partial charge is 0.365 e. The number of hydrogen-bond donors (Lipinski definition) is 1. The van der Waals surface area contributed by atoms with E-state index >= 15 is 0 Å². The number of methoxy groups -OCH3 is 2. The van der Waals surface area contributed by atoms with Crippen molar-refractivity contribution in [2.45, 2.75) is 19.7 Å². The van der Waals surface area contributed by atoms with Crippen LogP contribution in [0.4, 0.5) is 0 Å². The highest BCUT2D eigenvalue weighted by molar-refractivity contribution is 7.54. The van der Waals surface area contributed by atoms with Crippen molar-refractivity contribution in [3.63, 3.8) is 0 Å². The number of benzene rings is 1. The lowest BCUT2D eigenvalue weighted by Crippen LogP contribution is -2.15. The number of hydrogen-bond acceptors (Lipinski definition) is 11. The molecule has 12 heteroatoms. The van der Waals surface area contributed by atoms with Gasteiger partial charge in [-0.25, -0.2) is 5.90 Å². The number of nitrogens with two attached hydrogens (primary N) is 1. The van der Waals surface area contributed by atoms with E-state index in [1.807, 2.05) is 0 Å². The molecule has 0 heterocycles. The van der Waals surface area contributed by atoms with Crippen molar-refractivity contribution in [1.29, 1.82) is 0 Å². The van der Waals surface area contributed by atoms with Crippen LogP contribution in [0, 0.1) is 0 Å². The molecule has 1 rings (SSSR count). The minimum atomic E-state index is -3.69. The predicted molar refractivity (Wildman–Crippen MR) is 112 cm³/mol. The SMILES string of the molecule is CCOP(=O)(OCC)C(ON)c1ccc(OCOCCOC)c(OCOCCOC)c1. The van der Waals surface area contributed by atoms with Crippen molar-refractivity contribution >= 4 is 7.60 Å². The van der Waals surface area contributed by atoms with Crippen molar-refractivity contribution in [1.82, 2.24) is 0 Å².